The fraction of sp³-hybridized carbons (Fsp3) is 0.353. The Kier molecular flexibility index (Phi) is 7.73. The quantitative estimate of drug-likeness (QED) is 0.244. The van der Waals surface area contributed by atoms with Crippen LogP contribution in [0.3, 0.4) is 0 Å². The van der Waals surface area contributed by atoms with Gasteiger partial charge in [0.25, 0.3) is 0 Å². The molecular weight excluding hydrogens is 484 g/mol. The van der Waals surface area contributed by atoms with Crippen LogP contribution in [0.2, 0.25) is 29.4 Å². The van der Waals surface area contributed by atoms with Crippen molar-refractivity contribution in [3.05, 3.63) is 131 Å². The molecule has 0 amide bonds. The molecule has 2 aliphatic rings. The molecule has 2 heteroatoms. The van der Waals surface area contributed by atoms with Gasteiger partial charge in [-0.05, 0) is 0 Å². The van der Waals surface area contributed by atoms with Crippen LogP contribution in [0.25, 0.3) is 0 Å². The molecule has 3 aromatic carbocycles. The third-order valence-corrected chi connectivity index (χ3v) is 19.7. The van der Waals surface area contributed by atoms with Crippen LogP contribution in [0.5, 0.6) is 0 Å². The van der Waals surface area contributed by atoms with Gasteiger partial charge in [-0.25, -0.2) is 0 Å². The van der Waals surface area contributed by atoms with Crippen molar-refractivity contribution in [2.24, 2.45) is 0 Å². The van der Waals surface area contributed by atoms with Gasteiger partial charge in [0.2, 0.25) is 0 Å². The molecule has 0 N–H and O–H groups in total. The Hall–Kier alpha value is -1.93. The summed E-state index contributed by atoms with van der Waals surface area (Å²) in [6.07, 6.45) is 10.8. The van der Waals surface area contributed by atoms with Gasteiger partial charge in [0.05, 0.1) is 0 Å². The van der Waals surface area contributed by atoms with E-state index in [-0.39, 0.29) is 0 Å². The molecule has 36 heavy (non-hydrogen) atoms. The molecule has 5 rings (SSSR count). The monoisotopic (exact) mass is 526 g/mol. The van der Waals surface area contributed by atoms with Crippen LogP contribution in [0.4, 0.5) is 0 Å². The maximum absolute atomic E-state index is 2.81. The Labute approximate surface area is 223 Å². The Bertz CT molecular complexity index is 1100. The van der Waals surface area contributed by atoms with Crippen LogP contribution in [0.15, 0.2) is 114 Å². The minimum atomic E-state index is -2.81. The van der Waals surface area contributed by atoms with E-state index in [0.29, 0.717) is 3.72 Å². The van der Waals surface area contributed by atoms with Gasteiger partial charge in [-0.2, -0.15) is 0 Å². The fourth-order valence-corrected chi connectivity index (χ4v) is 22.8. The van der Waals surface area contributed by atoms with Gasteiger partial charge >= 0.3 is 225 Å². The molecule has 0 bridgehead atoms. The SMILES string of the molecule is C[Si](C)(C)C[C]1([Ti]([CH2]c2ccccc2)([CH2]c2ccccc2)[CH2]c2ccccc2)C=CC2=C1CCCC2. The molecule has 1 atom stereocenters. The normalized spacial score (nSPS) is 20.0. The van der Waals surface area contributed by atoms with E-state index in [2.05, 4.69) is 123 Å². The molecule has 0 nitrogen and oxygen atoms in total. The van der Waals surface area contributed by atoms with E-state index in [1.54, 1.807) is 22.3 Å². The van der Waals surface area contributed by atoms with Gasteiger partial charge in [-0.15, -0.1) is 0 Å². The Morgan fingerprint density at radius 1 is 0.639 bits per heavy atom. The third-order valence-electron chi connectivity index (χ3n) is 8.53. The van der Waals surface area contributed by atoms with Crippen molar-refractivity contribution in [2.75, 3.05) is 0 Å². The van der Waals surface area contributed by atoms with Gasteiger partial charge in [-0.3, -0.25) is 0 Å². The first-order valence-electron chi connectivity index (χ1n) is 13.9. The van der Waals surface area contributed by atoms with Crippen LogP contribution in [0.1, 0.15) is 42.4 Å². The predicted octanol–water partition coefficient (Wildman–Crippen LogP) is 9.68. The molecule has 0 radical (unpaired) electrons. The average Bonchev–Trinajstić information content (AvgIpc) is 3.24. The molecule has 0 heterocycles. The second-order valence-electron chi connectivity index (χ2n) is 12.5. The second-order valence-corrected chi connectivity index (χ2v) is 25.0. The standard InChI is InChI=1S/C13H21Si.3C7H7.Ti/c1-14(2,3)10-12-9-8-11-6-4-5-7-13(11)12;3*1-7-5-3-2-4-6-7;/h8-9H,4-7,10H2,1-3H3;3*2-6H,1H2;. The topological polar surface area (TPSA) is 0 Å². The fourth-order valence-electron chi connectivity index (χ4n) is 7.27. The van der Waals surface area contributed by atoms with Gasteiger partial charge in [-0.1, -0.05) is 0 Å². The summed E-state index contributed by atoms with van der Waals surface area (Å²) in [5.41, 5.74) is 8.25. The number of allylic oxidation sites excluding steroid dienone is 4. The number of benzene rings is 3. The van der Waals surface area contributed by atoms with Crippen molar-refractivity contribution < 1.29 is 16.6 Å². The molecular formula is C34H42SiTi. The molecule has 1 unspecified atom stereocenters. The van der Waals surface area contributed by atoms with E-state index in [1.807, 2.05) is 5.57 Å². The minimum absolute atomic E-state index is 0.293. The van der Waals surface area contributed by atoms with Crippen LogP contribution in [-0.2, 0) is 30.8 Å². The summed E-state index contributed by atoms with van der Waals surface area (Å²) in [6.45, 7) is 7.85. The van der Waals surface area contributed by atoms with Gasteiger partial charge < -0.3 is 0 Å². The number of rotatable bonds is 9. The van der Waals surface area contributed by atoms with Crippen LogP contribution >= 0.6 is 0 Å². The van der Waals surface area contributed by atoms with Gasteiger partial charge in [0.15, 0.2) is 0 Å². The summed E-state index contributed by atoms with van der Waals surface area (Å²) in [6, 6.07) is 36.0. The average molecular weight is 527 g/mol. The van der Waals surface area contributed by atoms with Crippen LogP contribution < -0.4 is 0 Å². The van der Waals surface area contributed by atoms with Crippen molar-refractivity contribution in [3.63, 3.8) is 0 Å². The summed E-state index contributed by atoms with van der Waals surface area (Å²) in [5.74, 6) is 0. The van der Waals surface area contributed by atoms with E-state index in [9.17, 15) is 0 Å². The van der Waals surface area contributed by atoms with E-state index >= 15 is 0 Å². The van der Waals surface area contributed by atoms with Crippen LogP contribution in [-0.4, -0.2) is 8.07 Å². The van der Waals surface area contributed by atoms with Crippen molar-refractivity contribution in [3.8, 4) is 0 Å². The van der Waals surface area contributed by atoms with Crippen molar-refractivity contribution in [2.45, 2.75) is 69.3 Å². The second kappa shape index (κ2) is 10.8. The van der Waals surface area contributed by atoms with Gasteiger partial charge in [0, 0.05) is 0 Å². The van der Waals surface area contributed by atoms with Crippen molar-refractivity contribution >= 4 is 8.07 Å². The molecule has 0 spiro atoms. The van der Waals surface area contributed by atoms with Crippen molar-refractivity contribution in [1.29, 1.82) is 0 Å². The van der Waals surface area contributed by atoms with Crippen molar-refractivity contribution in [1.82, 2.24) is 0 Å². The Morgan fingerprint density at radius 3 is 1.53 bits per heavy atom. The molecule has 0 aliphatic heterocycles. The molecule has 0 fully saturated rings. The third kappa shape index (κ3) is 5.49. The molecule has 3 aromatic rings. The molecule has 0 saturated heterocycles. The van der Waals surface area contributed by atoms with Gasteiger partial charge in [0.1, 0.15) is 0 Å². The zero-order valence-corrected chi connectivity index (χ0v) is 25.0. The summed E-state index contributed by atoms with van der Waals surface area (Å²) in [4.78, 5) is 0. The molecule has 2 aliphatic carbocycles. The summed E-state index contributed by atoms with van der Waals surface area (Å²) < 4.78 is 4.16. The van der Waals surface area contributed by atoms with E-state index in [1.165, 1.54) is 45.9 Å². The number of hydrogen-bond acceptors (Lipinski definition) is 0. The maximum atomic E-state index is 2.80. The number of hydrogen-bond donors (Lipinski definition) is 0. The van der Waals surface area contributed by atoms with E-state index < -0.39 is 24.7 Å². The van der Waals surface area contributed by atoms with E-state index in [0.717, 1.165) is 0 Å². The van der Waals surface area contributed by atoms with Crippen LogP contribution in [0, 0.1) is 0 Å². The molecule has 0 saturated carbocycles. The molecule has 0 aromatic heterocycles. The molecule has 186 valence electrons. The summed E-state index contributed by atoms with van der Waals surface area (Å²) >= 11 is -2.81. The first-order valence-corrected chi connectivity index (χ1v) is 21.7. The Balaban J connectivity index is 1.76. The summed E-state index contributed by atoms with van der Waals surface area (Å²) in [5, 5.41) is 0. The predicted molar refractivity (Wildman–Crippen MR) is 156 cm³/mol. The first kappa shape index (κ1) is 25.7. The first-order chi connectivity index (χ1) is 17.4. The van der Waals surface area contributed by atoms with E-state index in [4.69, 9.17) is 0 Å². The summed E-state index contributed by atoms with van der Waals surface area (Å²) in [7, 11) is -1.37. The Morgan fingerprint density at radius 2 is 1.08 bits per heavy atom. The zero-order valence-electron chi connectivity index (χ0n) is 22.5. The zero-order chi connectivity index (χ0) is 25.1.